The van der Waals surface area contributed by atoms with Gasteiger partial charge >= 0.3 is 5.97 Å². The van der Waals surface area contributed by atoms with Crippen LogP contribution in [0.15, 0.2) is 248 Å². The Labute approximate surface area is 572 Å². The van der Waals surface area contributed by atoms with E-state index in [9.17, 15) is 10.3 Å². The number of carbonyl (C=O) groups excluding carboxylic acids is 1. The Morgan fingerprint density at radius 1 is 0.378 bits per heavy atom. The number of carbonyl (C=O) groups is 1. The Morgan fingerprint density at radius 3 is 1.08 bits per heavy atom. The molecule has 4 aliphatic rings. The monoisotopic (exact) mass is 1330 g/mol. The van der Waals surface area contributed by atoms with Gasteiger partial charge in [0.05, 0.1) is 59.5 Å². The van der Waals surface area contributed by atoms with Crippen molar-refractivity contribution in [2.45, 2.75) is 177 Å². The maximum Gasteiger partial charge on any atom is 0.302 e. The lowest BCUT2D eigenvalue weighted by Gasteiger charge is -2.51. The highest BCUT2D eigenvalue weighted by Gasteiger charge is 2.63. The number of benzene rings is 8. The van der Waals surface area contributed by atoms with Gasteiger partial charge in [0.15, 0.2) is 18.4 Å². The lowest BCUT2D eigenvalue weighted by molar-refractivity contribution is -0.371. The van der Waals surface area contributed by atoms with Gasteiger partial charge in [-0.2, -0.15) is 0 Å². The number of esters is 1. The summed E-state index contributed by atoms with van der Waals surface area (Å²) in [5.74, 6) is -1.71. The van der Waals surface area contributed by atoms with Crippen LogP contribution in [0.25, 0.3) is 10.4 Å². The van der Waals surface area contributed by atoms with Crippen molar-refractivity contribution >= 4 is 5.97 Å². The van der Waals surface area contributed by atoms with Crippen molar-refractivity contribution in [1.29, 1.82) is 0 Å². The highest BCUT2D eigenvalue weighted by molar-refractivity contribution is 5.65. The fourth-order valence-electron chi connectivity index (χ4n) is 12.9. The average molecular weight is 1330 g/mol. The highest BCUT2D eigenvalue weighted by Crippen LogP contribution is 2.45. The minimum atomic E-state index is -1.44. The molecule has 98 heavy (non-hydrogen) atoms. The van der Waals surface area contributed by atoms with Crippen molar-refractivity contribution in [3.63, 3.8) is 0 Å². The smallest absolute Gasteiger partial charge is 0.302 e. The van der Waals surface area contributed by atoms with Crippen LogP contribution in [0.3, 0.4) is 0 Å². The molecule has 19 nitrogen and oxygen atoms in total. The predicted octanol–water partition coefficient (Wildman–Crippen LogP) is 13.3. The Kier molecular flexibility index (Phi) is 25.1. The van der Waals surface area contributed by atoms with Crippen LogP contribution in [0, 0.1) is 0 Å². The molecule has 1 aliphatic carbocycles. The standard InChI is InChI=1S/C79H85N3O16/c1-54(83)85-53-64-66(86-45-56-30-14-5-15-31-56)69(88-47-58-34-18-7-19-35-58)76(92-51-62-42-26-11-27-43-62)78(94-64)95-67-63(52-84-44-55-28-12-4-13-29-55)93-77(65(81-82-80)68(67)87-46-57-32-16-6-17-33-57)96-73-71(90-49-60-38-22-9-23-39-60)70(89-48-59-36-20-8-21-37-59)72(74-75(73)98-79(2,3)97-74)91-50-61-40-24-10-25-41-61/h4-43,63-78H,44-53H2,1-3H3. The number of nitrogens with zero attached hydrogens (tertiary/aromatic N) is 3. The number of ether oxygens (including phenoxy) is 15. The number of rotatable bonds is 32. The van der Waals surface area contributed by atoms with Crippen molar-refractivity contribution in [2.75, 3.05) is 13.2 Å². The van der Waals surface area contributed by atoms with Crippen LogP contribution in [0.2, 0.25) is 0 Å². The van der Waals surface area contributed by atoms with E-state index in [-0.39, 0.29) is 66.1 Å². The molecule has 0 radical (unpaired) electrons. The molecule has 4 fully saturated rings. The van der Waals surface area contributed by atoms with Crippen LogP contribution < -0.4 is 0 Å². The highest BCUT2D eigenvalue weighted by atomic mass is 16.8. The molecule has 0 N–H and O–H groups in total. The molecular weight excluding hydrogens is 1250 g/mol. The topological polar surface area (TPSA) is 204 Å². The third kappa shape index (κ3) is 19.0. The van der Waals surface area contributed by atoms with Crippen molar-refractivity contribution < 1.29 is 75.8 Å². The molecule has 0 amide bonds. The van der Waals surface area contributed by atoms with Gasteiger partial charge in [-0.05, 0) is 63.9 Å². The molecule has 8 aromatic rings. The van der Waals surface area contributed by atoms with Crippen molar-refractivity contribution in [3.05, 3.63) is 298 Å². The Balaban J connectivity index is 0.963. The fourth-order valence-corrected chi connectivity index (χ4v) is 12.9. The summed E-state index contributed by atoms with van der Waals surface area (Å²) in [5, 5.41) is 4.58. The molecule has 16 atom stereocenters. The largest absolute Gasteiger partial charge is 0.463 e. The quantitative estimate of drug-likeness (QED) is 0.0166. The van der Waals surface area contributed by atoms with Gasteiger partial charge in [-0.25, -0.2) is 0 Å². The zero-order chi connectivity index (χ0) is 67.3. The molecule has 1 saturated carbocycles. The summed E-state index contributed by atoms with van der Waals surface area (Å²) in [5.41, 5.74) is 18.1. The van der Waals surface area contributed by atoms with Gasteiger partial charge < -0.3 is 71.1 Å². The summed E-state index contributed by atoms with van der Waals surface area (Å²) in [6.07, 6.45) is -15.8. The second-order valence-electron chi connectivity index (χ2n) is 25.2. The second-order valence-corrected chi connectivity index (χ2v) is 25.2. The first-order chi connectivity index (χ1) is 48.1. The van der Waals surface area contributed by atoms with E-state index in [2.05, 4.69) is 10.0 Å². The van der Waals surface area contributed by atoms with E-state index >= 15 is 0 Å². The van der Waals surface area contributed by atoms with E-state index < -0.39 is 110 Å². The van der Waals surface area contributed by atoms with Gasteiger partial charge in [-0.1, -0.05) is 248 Å². The predicted molar refractivity (Wildman–Crippen MR) is 362 cm³/mol. The Hall–Kier alpha value is -8.02. The number of azide groups is 1. The van der Waals surface area contributed by atoms with Gasteiger partial charge in [-0.15, -0.1) is 0 Å². The lowest BCUT2D eigenvalue weighted by atomic mass is 9.83. The molecule has 0 spiro atoms. The molecule has 0 bridgehead atoms. The molecule has 19 heteroatoms. The van der Waals surface area contributed by atoms with E-state index in [0.717, 1.165) is 44.5 Å². The third-order valence-corrected chi connectivity index (χ3v) is 17.6. The molecule has 0 aromatic heterocycles. The van der Waals surface area contributed by atoms with E-state index in [4.69, 9.17) is 71.1 Å². The van der Waals surface area contributed by atoms with Gasteiger partial charge in [-0.3, -0.25) is 4.79 Å². The van der Waals surface area contributed by atoms with E-state index in [1.54, 1.807) is 0 Å². The number of fused-ring (bicyclic) bond motifs is 1. The van der Waals surface area contributed by atoms with Crippen molar-refractivity contribution in [2.24, 2.45) is 5.11 Å². The molecule has 16 unspecified atom stereocenters. The second kappa shape index (κ2) is 35.2. The first-order valence-electron chi connectivity index (χ1n) is 33.5. The van der Waals surface area contributed by atoms with Crippen LogP contribution in [-0.4, -0.2) is 123 Å². The SMILES string of the molecule is CC(=O)OCC1OC(OC2C(COCc3ccccc3)OC(OC3C(OCc4ccccc4)C(OCc4ccccc4)C(OCc4ccccc4)C4OC(C)(C)OC34)C(N=[N+]=[N-])C2OCc2ccccc2)C(OCc2ccccc2)C(OCc2ccccc2)C1OCc1ccccc1. The average Bonchev–Trinajstić information content (AvgIpc) is 1.49. The summed E-state index contributed by atoms with van der Waals surface area (Å²) >= 11 is 0. The fraction of sp³-hybridized carbons (Fsp3) is 0.380. The summed E-state index contributed by atoms with van der Waals surface area (Å²) in [7, 11) is 0. The minimum absolute atomic E-state index is 0.0117. The van der Waals surface area contributed by atoms with Crippen LogP contribution in [-0.2, 0) is 129 Å². The third-order valence-electron chi connectivity index (χ3n) is 17.6. The molecule has 512 valence electrons. The van der Waals surface area contributed by atoms with Gasteiger partial charge in [0.25, 0.3) is 0 Å². The van der Waals surface area contributed by atoms with E-state index in [1.165, 1.54) is 6.92 Å². The zero-order valence-electron chi connectivity index (χ0n) is 55.3. The number of hydrogen-bond donors (Lipinski definition) is 0. The number of hydrogen-bond acceptors (Lipinski definition) is 17. The molecule has 8 aromatic carbocycles. The van der Waals surface area contributed by atoms with Crippen molar-refractivity contribution in [3.8, 4) is 0 Å². The maximum atomic E-state index is 12.9. The summed E-state index contributed by atoms with van der Waals surface area (Å²) in [6.45, 7) is 5.71. The van der Waals surface area contributed by atoms with Crippen LogP contribution in [0.4, 0.5) is 0 Å². The van der Waals surface area contributed by atoms with Gasteiger partial charge in [0, 0.05) is 11.8 Å². The lowest BCUT2D eigenvalue weighted by Crippen LogP contribution is -2.68. The van der Waals surface area contributed by atoms with E-state index in [1.807, 2.05) is 257 Å². The first-order valence-corrected chi connectivity index (χ1v) is 33.5. The van der Waals surface area contributed by atoms with Crippen LogP contribution in [0.5, 0.6) is 0 Å². The van der Waals surface area contributed by atoms with Crippen LogP contribution >= 0.6 is 0 Å². The molecule has 12 rings (SSSR count). The summed E-state index contributed by atoms with van der Waals surface area (Å²) in [4.78, 5) is 16.4. The normalized spacial score (nSPS) is 27.3. The van der Waals surface area contributed by atoms with E-state index in [0.29, 0.717) is 0 Å². The van der Waals surface area contributed by atoms with Gasteiger partial charge in [0.1, 0.15) is 92.0 Å². The summed E-state index contributed by atoms with van der Waals surface area (Å²) in [6, 6.07) is 76.9. The maximum absolute atomic E-state index is 12.9. The summed E-state index contributed by atoms with van der Waals surface area (Å²) < 4.78 is 106. The molecule has 3 heterocycles. The minimum Gasteiger partial charge on any atom is -0.463 e. The zero-order valence-corrected chi connectivity index (χ0v) is 55.3. The first kappa shape index (κ1) is 69.9. The van der Waals surface area contributed by atoms with Gasteiger partial charge in [0.2, 0.25) is 0 Å². The Morgan fingerprint density at radius 2 is 0.684 bits per heavy atom. The molecular formula is C79H85N3O16. The van der Waals surface area contributed by atoms with Crippen molar-refractivity contribution in [1.82, 2.24) is 0 Å². The molecule has 3 aliphatic heterocycles. The Bertz CT molecular complexity index is 3690. The van der Waals surface area contributed by atoms with Crippen LogP contribution in [0.1, 0.15) is 65.3 Å². The molecule has 3 saturated heterocycles.